The molecule has 2 aromatic rings. The van der Waals surface area contributed by atoms with Gasteiger partial charge in [0, 0.05) is 13.2 Å². The molecule has 1 heterocycles. The summed E-state index contributed by atoms with van der Waals surface area (Å²) in [5.41, 5.74) is 2.43. The number of carbonyl (C=O) groups is 1. The lowest BCUT2D eigenvalue weighted by Crippen LogP contribution is -2.33. The molecule has 116 valence electrons. The van der Waals surface area contributed by atoms with Gasteiger partial charge in [-0.3, -0.25) is 4.79 Å². The molecule has 0 saturated carbocycles. The van der Waals surface area contributed by atoms with Crippen LogP contribution in [0.15, 0.2) is 36.5 Å². The number of nitrogens with zero attached hydrogens (tertiary/aromatic N) is 3. The summed E-state index contributed by atoms with van der Waals surface area (Å²) in [5, 5.41) is 3.66. The molecule has 22 heavy (non-hydrogen) atoms. The van der Waals surface area contributed by atoms with Crippen molar-refractivity contribution < 1.29 is 13.6 Å². The molecule has 6 heteroatoms. The smallest absolute Gasteiger partial charge is 0.333 e. The Labute approximate surface area is 127 Å². The Morgan fingerprint density at radius 2 is 2.14 bits per heavy atom. The molecule has 1 amide bonds. The van der Waals surface area contributed by atoms with Gasteiger partial charge >= 0.3 is 6.55 Å². The number of aromatic nitrogens is 2. The van der Waals surface area contributed by atoms with Crippen LogP contribution in [0.1, 0.15) is 47.0 Å². The molecule has 0 radical (unpaired) electrons. The number of amides is 1. The van der Waals surface area contributed by atoms with E-state index in [1.54, 1.807) is 11.9 Å². The standard InChI is InChI=1S/C16H17F2N3O/c1-20(15(22)13-9-10-21(19-13)16(17)18)14-8-4-6-11-5-2-3-7-12(11)14/h2-3,5,7,9-10,14,16H,4,6,8H2,1H3/t14-/m1/s1. The first kappa shape index (κ1) is 14.7. The highest BCUT2D eigenvalue weighted by Gasteiger charge is 2.28. The molecule has 1 atom stereocenters. The molecule has 0 fully saturated rings. The maximum Gasteiger partial charge on any atom is 0.333 e. The van der Waals surface area contributed by atoms with Crippen molar-refractivity contribution in [3.05, 3.63) is 53.3 Å². The Morgan fingerprint density at radius 3 is 2.86 bits per heavy atom. The minimum Gasteiger partial charge on any atom is -0.333 e. The monoisotopic (exact) mass is 305 g/mol. The molecule has 1 aliphatic rings. The second-order valence-electron chi connectivity index (χ2n) is 5.48. The average molecular weight is 305 g/mol. The molecule has 3 rings (SSSR count). The highest BCUT2D eigenvalue weighted by Crippen LogP contribution is 2.34. The normalized spacial score (nSPS) is 17.4. The van der Waals surface area contributed by atoms with Crippen LogP contribution < -0.4 is 0 Å². The van der Waals surface area contributed by atoms with Crippen LogP contribution in [0.25, 0.3) is 0 Å². The molecular formula is C16H17F2N3O. The van der Waals surface area contributed by atoms with Crippen LogP contribution in [0, 0.1) is 0 Å². The molecule has 0 saturated heterocycles. The maximum absolute atomic E-state index is 12.6. The fourth-order valence-corrected chi connectivity index (χ4v) is 3.01. The van der Waals surface area contributed by atoms with Gasteiger partial charge in [0.15, 0.2) is 5.69 Å². The van der Waals surface area contributed by atoms with Crippen LogP contribution in [0.5, 0.6) is 0 Å². The van der Waals surface area contributed by atoms with Crippen molar-refractivity contribution in [3.8, 4) is 0 Å². The fourth-order valence-electron chi connectivity index (χ4n) is 3.01. The third kappa shape index (κ3) is 2.61. The number of halogens is 2. The number of aryl methyl sites for hydroxylation is 1. The zero-order chi connectivity index (χ0) is 15.7. The topological polar surface area (TPSA) is 38.1 Å². The van der Waals surface area contributed by atoms with Crippen molar-refractivity contribution in [2.24, 2.45) is 0 Å². The van der Waals surface area contributed by atoms with Gasteiger partial charge in [0.1, 0.15) is 0 Å². The summed E-state index contributed by atoms with van der Waals surface area (Å²) in [6, 6.07) is 9.36. The van der Waals surface area contributed by atoms with Gasteiger partial charge in [-0.1, -0.05) is 24.3 Å². The Balaban J connectivity index is 1.84. The fraction of sp³-hybridized carbons (Fsp3) is 0.375. The second kappa shape index (κ2) is 5.87. The highest BCUT2D eigenvalue weighted by atomic mass is 19.3. The average Bonchev–Trinajstić information content (AvgIpc) is 3.03. The summed E-state index contributed by atoms with van der Waals surface area (Å²) < 4.78 is 25.6. The van der Waals surface area contributed by atoms with E-state index in [2.05, 4.69) is 11.2 Å². The van der Waals surface area contributed by atoms with E-state index in [1.807, 2.05) is 18.2 Å². The minimum absolute atomic E-state index is 0.0332. The van der Waals surface area contributed by atoms with E-state index < -0.39 is 6.55 Å². The number of fused-ring (bicyclic) bond motifs is 1. The van der Waals surface area contributed by atoms with Crippen LogP contribution >= 0.6 is 0 Å². The third-order valence-electron chi connectivity index (χ3n) is 4.15. The summed E-state index contributed by atoms with van der Waals surface area (Å²) in [5.74, 6) is -0.332. The molecule has 0 aliphatic heterocycles. The summed E-state index contributed by atoms with van der Waals surface area (Å²) in [4.78, 5) is 14.1. The first-order valence-corrected chi connectivity index (χ1v) is 7.26. The quantitative estimate of drug-likeness (QED) is 0.871. The largest absolute Gasteiger partial charge is 0.333 e. The van der Waals surface area contributed by atoms with Crippen molar-refractivity contribution in [2.75, 3.05) is 7.05 Å². The lowest BCUT2D eigenvalue weighted by Gasteiger charge is -2.33. The van der Waals surface area contributed by atoms with E-state index >= 15 is 0 Å². The van der Waals surface area contributed by atoms with Gasteiger partial charge < -0.3 is 4.90 Å². The van der Waals surface area contributed by atoms with Gasteiger partial charge in [0.2, 0.25) is 0 Å². The van der Waals surface area contributed by atoms with Crippen LogP contribution in [0.2, 0.25) is 0 Å². The van der Waals surface area contributed by atoms with Crippen molar-refractivity contribution in [1.82, 2.24) is 14.7 Å². The zero-order valence-corrected chi connectivity index (χ0v) is 12.2. The van der Waals surface area contributed by atoms with E-state index in [9.17, 15) is 13.6 Å². The van der Waals surface area contributed by atoms with Gasteiger partial charge in [0.05, 0.1) is 6.04 Å². The first-order chi connectivity index (χ1) is 10.6. The molecule has 0 unspecified atom stereocenters. The lowest BCUT2D eigenvalue weighted by atomic mass is 9.87. The molecule has 1 aromatic heterocycles. The maximum atomic E-state index is 12.6. The number of rotatable bonds is 3. The lowest BCUT2D eigenvalue weighted by molar-refractivity contribution is 0.0547. The summed E-state index contributed by atoms with van der Waals surface area (Å²) in [6.45, 7) is -2.73. The van der Waals surface area contributed by atoms with Crippen molar-refractivity contribution in [3.63, 3.8) is 0 Å². The Kier molecular flexibility index (Phi) is 3.92. The van der Waals surface area contributed by atoms with Crippen LogP contribution in [-0.4, -0.2) is 27.6 Å². The molecule has 1 aromatic carbocycles. The van der Waals surface area contributed by atoms with Gasteiger partial charge in [0.25, 0.3) is 5.91 Å². The minimum atomic E-state index is -2.73. The van der Waals surface area contributed by atoms with E-state index in [4.69, 9.17) is 0 Å². The van der Waals surface area contributed by atoms with E-state index in [-0.39, 0.29) is 17.6 Å². The Morgan fingerprint density at radius 1 is 1.36 bits per heavy atom. The molecule has 0 N–H and O–H groups in total. The van der Waals surface area contributed by atoms with Gasteiger partial charge in [-0.25, -0.2) is 4.68 Å². The van der Waals surface area contributed by atoms with Crippen LogP contribution in [0.4, 0.5) is 8.78 Å². The first-order valence-electron chi connectivity index (χ1n) is 7.26. The van der Waals surface area contributed by atoms with E-state index in [0.29, 0.717) is 4.68 Å². The van der Waals surface area contributed by atoms with Crippen molar-refractivity contribution in [2.45, 2.75) is 31.9 Å². The third-order valence-corrected chi connectivity index (χ3v) is 4.15. The number of hydrogen-bond acceptors (Lipinski definition) is 2. The number of carbonyl (C=O) groups excluding carboxylic acids is 1. The molecule has 1 aliphatic carbocycles. The van der Waals surface area contributed by atoms with Crippen LogP contribution in [-0.2, 0) is 6.42 Å². The van der Waals surface area contributed by atoms with E-state index in [0.717, 1.165) is 31.0 Å². The number of alkyl halides is 2. The zero-order valence-electron chi connectivity index (χ0n) is 12.2. The van der Waals surface area contributed by atoms with Crippen molar-refractivity contribution >= 4 is 5.91 Å². The summed E-state index contributed by atoms with van der Waals surface area (Å²) in [6.07, 6.45) is 4.01. The highest BCUT2D eigenvalue weighted by molar-refractivity contribution is 5.92. The van der Waals surface area contributed by atoms with Gasteiger partial charge in [-0.05, 0) is 36.5 Å². The van der Waals surface area contributed by atoms with Gasteiger partial charge in [-0.15, -0.1) is 0 Å². The number of hydrogen-bond donors (Lipinski definition) is 0. The second-order valence-corrected chi connectivity index (χ2v) is 5.48. The van der Waals surface area contributed by atoms with Gasteiger partial charge in [-0.2, -0.15) is 13.9 Å². The predicted molar refractivity (Wildman–Crippen MR) is 77.7 cm³/mol. The summed E-state index contributed by atoms with van der Waals surface area (Å²) in [7, 11) is 1.70. The predicted octanol–water partition coefficient (Wildman–Crippen LogP) is 3.43. The van der Waals surface area contributed by atoms with Crippen LogP contribution in [0.3, 0.4) is 0 Å². The molecule has 0 spiro atoms. The van der Waals surface area contributed by atoms with Crippen molar-refractivity contribution in [1.29, 1.82) is 0 Å². The number of benzene rings is 1. The SMILES string of the molecule is CN(C(=O)c1ccn(C(F)F)n1)[C@@H]1CCCc2ccccc21. The van der Waals surface area contributed by atoms with E-state index in [1.165, 1.54) is 11.6 Å². The Hall–Kier alpha value is -2.24. The summed E-state index contributed by atoms with van der Waals surface area (Å²) >= 11 is 0. The molecule has 0 bridgehead atoms. The molecule has 4 nitrogen and oxygen atoms in total. The molecular weight excluding hydrogens is 288 g/mol. The Bertz CT molecular complexity index is 684.